The lowest BCUT2D eigenvalue weighted by atomic mass is 10.3. The first kappa shape index (κ1) is 15.7. The number of rotatable bonds is 3. The number of imidazole rings is 1. The van der Waals surface area contributed by atoms with Crippen molar-refractivity contribution in [3.63, 3.8) is 0 Å². The number of aromatic nitrogens is 2. The van der Waals surface area contributed by atoms with Gasteiger partial charge < -0.3 is 9.12 Å². The molecule has 0 saturated carbocycles. The summed E-state index contributed by atoms with van der Waals surface area (Å²) in [6.45, 7) is 5.44. The molecule has 0 fully saturated rings. The van der Waals surface area contributed by atoms with Crippen molar-refractivity contribution in [3.05, 3.63) is 48.1 Å². The van der Waals surface area contributed by atoms with E-state index in [4.69, 9.17) is 0 Å². The van der Waals surface area contributed by atoms with Gasteiger partial charge in [0.25, 0.3) is 0 Å². The SMILES string of the molecule is CC(C)(C)[S+]([O-])N=Cc1cn(-c2ccc(F)cc2F)cn1. The molecule has 4 nitrogen and oxygen atoms in total. The maximum atomic E-state index is 13.6. The van der Waals surface area contributed by atoms with Crippen molar-refractivity contribution >= 4 is 17.6 Å². The molecule has 0 N–H and O–H groups in total. The van der Waals surface area contributed by atoms with Crippen LogP contribution >= 0.6 is 0 Å². The highest BCUT2D eigenvalue weighted by Gasteiger charge is 2.25. The molecule has 1 aromatic carbocycles. The normalized spacial score (nSPS) is 13.8. The predicted octanol–water partition coefficient (Wildman–Crippen LogP) is 3.03. The zero-order valence-electron chi connectivity index (χ0n) is 11.9. The van der Waals surface area contributed by atoms with Crippen molar-refractivity contribution < 1.29 is 13.3 Å². The first-order valence-electron chi connectivity index (χ1n) is 6.23. The Hall–Kier alpha value is -1.73. The van der Waals surface area contributed by atoms with E-state index >= 15 is 0 Å². The summed E-state index contributed by atoms with van der Waals surface area (Å²) in [6, 6.07) is 3.29. The Morgan fingerprint density at radius 3 is 2.67 bits per heavy atom. The van der Waals surface area contributed by atoms with Crippen molar-refractivity contribution in [3.8, 4) is 5.69 Å². The summed E-state index contributed by atoms with van der Waals surface area (Å²) in [5.41, 5.74) is 0.622. The van der Waals surface area contributed by atoms with E-state index in [1.54, 1.807) is 0 Å². The van der Waals surface area contributed by atoms with Gasteiger partial charge in [0.15, 0.2) is 0 Å². The molecule has 1 unspecified atom stereocenters. The lowest BCUT2D eigenvalue weighted by Crippen LogP contribution is -2.25. The minimum atomic E-state index is -1.38. The molecule has 0 aliphatic heterocycles. The van der Waals surface area contributed by atoms with Gasteiger partial charge in [0, 0.05) is 12.3 Å². The summed E-state index contributed by atoms with van der Waals surface area (Å²) in [5, 5.41) is 0. The molecule has 0 aliphatic rings. The predicted molar refractivity (Wildman–Crippen MR) is 79.0 cm³/mol. The van der Waals surface area contributed by atoms with Gasteiger partial charge in [-0.15, -0.1) is 0 Å². The van der Waals surface area contributed by atoms with Gasteiger partial charge in [-0.1, -0.05) is 4.40 Å². The zero-order valence-corrected chi connectivity index (χ0v) is 12.7. The molecule has 1 aromatic heterocycles. The first-order valence-corrected chi connectivity index (χ1v) is 7.33. The molecule has 7 heteroatoms. The number of halogens is 2. The Balaban J connectivity index is 2.20. The third-order valence-corrected chi connectivity index (χ3v) is 3.94. The highest BCUT2D eigenvalue weighted by atomic mass is 32.2. The highest BCUT2D eigenvalue weighted by molar-refractivity contribution is 7.91. The van der Waals surface area contributed by atoms with Crippen LogP contribution in [0.2, 0.25) is 0 Å². The molecule has 1 atom stereocenters. The molecule has 1 heterocycles. The van der Waals surface area contributed by atoms with Crippen molar-refractivity contribution in [2.75, 3.05) is 0 Å². The van der Waals surface area contributed by atoms with Crippen molar-refractivity contribution in [1.29, 1.82) is 0 Å². The molecule has 0 saturated heterocycles. The van der Waals surface area contributed by atoms with E-state index in [0.717, 1.165) is 6.07 Å². The largest absolute Gasteiger partial charge is 0.591 e. The van der Waals surface area contributed by atoms with Crippen LogP contribution in [0.15, 0.2) is 35.1 Å². The second kappa shape index (κ2) is 5.95. The van der Waals surface area contributed by atoms with Gasteiger partial charge in [0.1, 0.15) is 46.0 Å². The van der Waals surface area contributed by atoms with E-state index in [-0.39, 0.29) is 5.69 Å². The molecule has 21 heavy (non-hydrogen) atoms. The van der Waals surface area contributed by atoms with Crippen molar-refractivity contribution in [1.82, 2.24) is 9.55 Å². The standard InChI is InChI=1S/C14H15F2N3OS/c1-14(2,3)21(20)18-7-11-8-19(9-17-11)13-5-4-10(15)6-12(13)16/h4-9H,1-3H3. The topological polar surface area (TPSA) is 53.2 Å². The highest BCUT2D eigenvalue weighted by Crippen LogP contribution is 2.17. The summed E-state index contributed by atoms with van der Waals surface area (Å²) < 4.78 is 43.2. The van der Waals surface area contributed by atoms with Crippen LogP contribution in [0, 0.1) is 11.6 Å². The Morgan fingerprint density at radius 2 is 2.05 bits per heavy atom. The monoisotopic (exact) mass is 311 g/mol. The number of nitrogens with zero attached hydrogens (tertiary/aromatic N) is 3. The Morgan fingerprint density at radius 1 is 1.33 bits per heavy atom. The minimum absolute atomic E-state index is 0.181. The van der Waals surface area contributed by atoms with Crippen LogP contribution < -0.4 is 0 Å². The molecule has 0 radical (unpaired) electrons. The number of hydrogen-bond donors (Lipinski definition) is 0. The van der Waals surface area contributed by atoms with Crippen LogP contribution in [0.5, 0.6) is 0 Å². The molecule has 0 aliphatic carbocycles. The van der Waals surface area contributed by atoms with Gasteiger partial charge in [-0.05, 0) is 32.9 Å². The Bertz CT molecular complexity index is 664. The summed E-state index contributed by atoms with van der Waals surface area (Å²) in [6.07, 6.45) is 4.29. The van der Waals surface area contributed by atoms with E-state index in [1.807, 2.05) is 20.8 Å². The minimum Gasteiger partial charge on any atom is -0.591 e. The lowest BCUT2D eigenvalue weighted by Gasteiger charge is -2.17. The second-order valence-corrected chi connectivity index (χ2v) is 7.33. The molecule has 2 rings (SSSR count). The van der Waals surface area contributed by atoms with Gasteiger partial charge in [0.05, 0.1) is 5.69 Å². The van der Waals surface area contributed by atoms with Crippen LogP contribution in [0.1, 0.15) is 26.5 Å². The van der Waals surface area contributed by atoms with Gasteiger partial charge in [0.2, 0.25) is 0 Å². The van der Waals surface area contributed by atoms with Crippen molar-refractivity contribution in [2.45, 2.75) is 25.5 Å². The fraction of sp³-hybridized carbons (Fsp3) is 0.286. The van der Waals surface area contributed by atoms with E-state index < -0.39 is 27.7 Å². The summed E-state index contributed by atoms with van der Waals surface area (Å²) in [7, 11) is 0. The van der Waals surface area contributed by atoms with Crippen LogP contribution in [-0.2, 0) is 11.4 Å². The van der Waals surface area contributed by atoms with Gasteiger partial charge in [-0.2, -0.15) is 0 Å². The van der Waals surface area contributed by atoms with E-state index in [1.165, 1.54) is 35.4 Å². The van der Waals surface area contributed by atoms with Crippen molar-refractivity contribution in [2.24, 2.45) is 4.40 Å². The molecule has 0 amide bonds. The van der Waals surface area contributed by atoms with E-state index in [9.17, 15) is 13.3 Å². The third-order valence-electron chi connectivity index (χ3n) is 2.60. The van der Waals surface area contributed by atoms with Crippen LogP contribution in [0.25, 0.3) is 5.69 Å². The fourth-order valence-electron chi connectivity index (χ4n) is 1.49. The van der Waals surface area contributed by atoms with Crippen LogP contribution in [-0.4, -0.2) is 25.1 Å². The molecular formula is C14H15F2N3OS. The average Bonchev–Trinajstić information content (AvgIpc) is 2.83. The summed E-state index contributed by atoms with van der Waals surface area (Å²) in [4.78, 5) is 4.03. The van der Waals surface area contributed by atoms with E-state index in [2.05, 4.69) is 9.38 Å². The van der Waals surface area contributed by atoms with Gasteiger partial charge in [-0.3, -0.25) is 0 Å². The third kappa shape index (κ3) is 3.89. The number of benzene rings is 1. The summed E-state index contributed by atoms with van der Waals surface area (Å²) in [5.74, 6) is -1.33. The molecule has 0 bridgehead atoms. The van der Waals surface area contributed by atoms with Crippen LogP contribution in [0.4, 0.5) is 8.78 Å². The summed E-state index contributed by atoms with van der Waals surface area (Å²) >= 11 is -1.38. The second-order valence-electron chi connectivity index (χ2n) is 5.40. The molecular weight excluding hydrogens is 296 g/mol. The first-order chi connectivity index (χ1) is 9.77. The maximum Gasteiger partial charge on any atom is 0.150 e. The quantitative estimate of drug-likeness (QED) is 0.646. The van der Waals surface area contributed by atoms with Gasteiger partial charge in [-0.25, -0.2) is 13.8 Å². The lowest BCUT2D eigenvalue weighted by molar-refractivity contribution is 0.561. The molecule has 0 spiro atoms. The fourth-order valence-corrected chi connectivity index (χ4v) is 2.01. The number of hydrogen-bond acceptors (Lipinski definition) is 3. The zero-order chi connectivity index (χ0) is 15.6. The smallest absolute Gasteiger partial charge is 0.150 e. The van der Waals surface area contributed by atoms with E-state index in [0.29, 0.717) is 5.69 Å². The van der Waals surface area contributed by atoms with Crippen LogP contribution in [0.3, 0.4) is 0 Å². The Kier molecular flexibility index (Phi) is 4.43. The Labute approximate surface area is 124 Å². The maximum absolute atomic E-state index is 13.6. The average molecular weight is 311 g/mol. The molecule has 112 valence electrons. The van der Waals surface area contributed by atoms with Gasteiger partial charge >= 0.3 is 0 Å². The molecule has 2 aromatic rings.